The third-order valence-corrected chi connectivity index (χ3v) is 3.36. The minimum atomic E-state index is -0.211. The van der Waals surface area contributed by atoms with Crippen molar-refractivity contribution in [1.29, 1.82) is 0 Å². The van der Waals surface area contributed by atoms with Crippen LogP contribution in [0.5, 0.6) is 0 Å². The lowest BCUT2D eigenvalue weighted by molar-refractivity contribution is 0.614. The Morgan fingerprint density at radius 3 is 2.70 bits per heavy atom. The zero-order valence-corrected chi connectivity index (χ0v) is 12.4. The highest BCUT2D eigenvalue weighted by atomic mass is 19.1. The first-order chi connectivity index (χ1) is 9.47. The summed E-state index contributed by atoms with van der Waals surface area (Å²) < 4.78 is 15.8. The van der Waals surface area contributed by atoms with Crippen LogP contribution in [0.3, 0.4) is 0 Å². The first kappa shape index (κ1) is 14.4. The largest absolute Gasteiger partial charge is 0.381 e. The van der Waals surface area contributed by atoms with E-state index in [1.54, 1.807) is 16.9 Å². The summed E-state index contributed by atoms with van der Waals surface area (Å²) >= 11 is 0. The van der Waals surface area contributed by atoms with E-state index in [1.807, 2.05) is 45.1 Å². The Balaban J connectivity index is 2.05. The molecule has 0 fully saturated rings. The highest BCUT2D eigenvalue weighted by molar-refractivity contribution is 5.56. The Labute approximate surface area is 119 Å². The fourth-order valence-corrected chi connectivity index (χ4v) is 1.95. The maximum atomic E-state index is 14.1. The van der Waals surface area contributed by atoms with Gasteiger partial charge in [-0.15, -0.1) is 0 Å². The second-order valence-electron chi connectivity index (χ2n) is 5.25. The summed E-state index contributed by atoms with van der Waals surface area (Å²) in [4.78, 5) is 1.92. The lowest BCUT2D eigenvalue weighted by atomic mass is 10.2. The first-order valence-corrected chi connectivity index (χ1v) is 6.71. The van der Waals surface area contributed by atoms with Gasteiger partial charge in [-0.25, -0.2) is 4.39 Å². The van der Waals surface area contributed by atoms with E-state index in [9.17, 15) is 4.39 Å². The fourth-order valence-electron chi connectivity index (χ4n) is 1.95. The second-order valence-corrected chi connectivity index (χ2v) is 5.25. The average molecular weight is 276 g/mol. The van der Waals surface area contributed by atoms with Crippen LogP contribution in [0.4, 0.5) is 15.8 Å². The maximum absolute atomic E-state index is 14.1. The van der Waals surface area contributed by atoms with Crippen molar-refractivity contribution in [2.24, 2.45) is 7.05 Å². The minimum absolute atomic E-state index is 0.211. The summed E-state index contributed by atoms with van der Waals surface area (Å²) in [6.07, 6.45) is 3.73. The van der Waals surface area contributed by atoms with Gasteiger partial charge in [0.15, 0.2) is 0 Å². The first-order valence-electron chi connectivity index (χ1n) is 6.71. The molecule has 20 heavy (non-hydrogen) atoms. The van der Waals surface area contributed by atoms with E-state index in [0.29, 0.717) is 12.2 Å². The lowest BCUT2D eigenvalue weighted by Crippen LogP contribution is -2.26. The van der Waals surface area contributed by atoms with E-state index in [-0.39, 0.29) is 11.9 Å². The number of aromatic nitrogens is 2. The van der Waals surface area contributed by atoms with Crippen molar-refractivity contribution in [1.82, 2.24) is 9.78 Å². The van der Waals surface area contributed by atoms with Crippen LogP contribution in [0.2, 0.25) is 0 Å². The average Bonchev–Trinajstić information content (AvgIpc) is 2.81. The van der Waals surface area contributed by atoms with Crippen LogP contribution in [0, 0.1) is 5.82 Å². The van der Waals surface area contributed by atoms with Crippen molar-refractivity contribution in [3.8, 4) is 0 Å². The smallest absolute Gasteiger partial charge is 0.148 e. The molecule has 4 nitrogen and oxygen atoms in total. The molecule has 0 aliphatic carbocycles. The Morgan fingerprint density at radius 1 is 1.40 bits per heavy atom. The van der Waals surface area contributed by atoms with Gasteiger partial charge in [0.2, 0.25) is 0 Å². The van der Waals surface area contributed by atoms with Crippen LogP contribution in [0.25, 0.3) is 0 Å². The quantitative estimate of drug-likeness (QED) is 0.911. The van der Waals surface area contributed by atoms with Gasteiger partial charge in [-0.3, -0.25) is 4.68 Å². The number of nitrogens with zero attached hydrogens (tertiary/aromatic N) is 3. The number of nitrogens with one attached hydrogen (secondary N) is 1. The molecule has 2 aromatic rings. The van der Waals surface area contributed by atoms with E-state index in [1.165, 1.54) is 6.07 Å². The van der Waals surface area contributed by atoms with Gasteiger partial charge in [-0.05, 0) is 32.0 Å². The molecule has 1 N–H and O–H groups in total. The lowest BCUT2D eigenvalue weighted by Gasteiger charge is -2.24. The fraction of sp³-hybridized carbons (Fsp3) is 0.400. The molecule has 0 saturated carbocycles. The number of hydrogen-bond acceptors (Lipinski definition) is 3. The van der Waals surface area contributed by atoms with E-state index < -0.39 is 0 Å². The van der Waals surface area contributed by atoms with Gasteiger partial charge in [0.05, 0.1) is 11.9 Å². The highest BCUT2D eigenvalue weighted by Crippen LogP contribution is 2.23. The normalized spacial score (nSPS) is 10.9. The molecule has 0 unspecified atom stereocenters. The number of anilines is 2. The van der Waals surface area contributed by atoms with E-state index in [2.05, 4.69) is 10.4 Å². The molecular weight excluding hydrogens is 255 g/mol. The molecule has 0 bridgehead atoms. The number of halogens is 1. The van der Waals surface area contributed by atoms with Gasteiger partial charge in [0, 0.05) is 44.1 Å². The highest BCUT2D eigenvalue weighted by Gasteiger charge is 2.10. The number of benzene rings is 1. The van der Waals surface area contributed by atoms with Gasteiger partial charge in [-0.1, -0.05) is 0 Å². The van der Waals surface area contributed by atoms with E-state index in [0.717, 1.165) is 11.3 Å². The summed E-state index contributed by atoms with van der Waals surface area (Å²) in [6.45, 7) is 4.70. The Bertz CT molecular complexity index is 577. The van der Waals surface area contributed by atoms with E-state index >= 15 is 0 Å². The van der Waals surface area contributed by atoms with Gasteiger partial charge in [-0.2, -0.15) is 5.10 Å². The third kappa shape index (κ3) is 3.29. The van der Waals surface area contributed by atoms with Crippen LogP contribution in [-0.4, -0.2) is 22.9 Å². The van der Waals surface area contributed by atoms with Crippen molar-refractivity contribution in [2.45, 2.75) is 26.4 Å². The number of aryl methyl sites for hydroxylation is 1. The van der Waals surface area contributed by atoms with Gasteiger partial charge in [0.25, 0.3) is 0 Å². The standard InChI is InChI=1S/C15H21FN4/c1-11(2)20(4)15-6-5-13(7-14(15)16)17-8-12-9-18-19(3)10-12/h5-7,9-11,17H,8H2,1-4H3. The van der Waals surface area contributed by atoms with Crippen molar-refractivity contribution >= 4 is 11.4 Å². The molecule has 0 aliphatic heterocycles. The summed E-state index contributed by atoms with van der Waals surface area (Å²) in [6, 6.07) is 5.50. The predicted octanol–water partition coefficient (Wildman–Crippen LogP) is 3.02. The van der Waals surface area contributed by atoms with Crippen LogP contribution >= 0.6 is 0 Å². The minimum Gasteiger partial charge on any atom is -0.381 e. The Hall–Kier alpha value is -2.04. The topological polar surface area (TPSA) is 33.1 Å². The molecule has 1 aromatic carbocycles. The molecule has 0 radical (unpaired) electrons. The number of hydrogen-bond donors (Lipinski definition) is 1. The third-order valence-electron chi connectivity index (χ3n) is 3.36. The molecule has 0 aliphatic rings. The second kappa shape index (κ2) is 5.94. The molecule has 0 atom stereocenters. The summed E-state index contributed by atoms with van der Waals surface area (Å²) in [5, 5.41) is 7.30. The SMILES string of the molecule is CC(C)N(C)c1ccc(NCc2cnn(C)c2)cc1F. The molecule has 5 heteroatoms. The molecule has 108 valence electrons. The van der Waals surface area contributed by atoms with Crippen LogP contribution in [0.1, 0.15) is 19.4 Å². The Kier molecular flexibility index (Phi) is 4.27. The predicted molar refractivity (Wildman–Crippen MR) is 80.5 cm³/mol. The van der Waals surface area contributed by atoms with Crippen molar-refractivity contribution in [2.75, 3.05) is 17.3 Å². The molecule has 0 amide bonds. The van der Waals surface area contributed by atoms with Crippen molar-refractivity contribution in [3.05, 3.63) is 42.0 Å². The zero-order chi connectivity index (χ0) is 14.7. The van der Waals surface area contributed by atoms with Crippen LogP contribution in [0.15, 0.2) is 30.6 Å². The van der Waals surface area contributed by atoms with Crippen LogP contribution in [-0.2, 0) is 13.6 Å². The van der Waals surface area contributed by atoms with Gasteiger partial charge < -0.3 is 10.2 Å². The maximum Gasteiger partial charge on any atom is 0.148 e. The molecule has 1 heterocycles. The molecular formula is C15H21FN4. The summed E-state index contributed by atoms with van der Waals surface area (Å²) in [7, 11) is 3.77. The Morgan fingerprint density at radius 2 is 2.15 bits per heavy atom. The summed E-state index contributed by atoms with van der Waals surface area (Å²) in [5.41, 5.74) is 2.45. The molecule has 2 rings (SSSR count). The molecule has 1 aromatic heterocycles. The van der Waals surface area contributed by atoms with Crippen molar-refractivity contribution < 1.29 is 4.39 Å². The van der Waals surface area contributed by atoms with Crippen molar-refractivity contribution in [3.63, 3.8) is 0 Å². The van der Waals surface area contributed by atoms with Crippen LogP contribution < -0.4 is 10.2 Å². The van der Waals surface area contributed by atoms with Gasteiger partial charge in [0.1, 0.15) is 5.82 Å². The molecule has 0 saturated heterocycles. The number of rotatable bonds is 5. The van der Waals surface area contributed by atoms with Gasteiger partial charge >= 0.3 is 0 Å². The summed E-state index contributed by atoms with van der Waals surface area (Å²) in [5.74, 6) is -0.211. The molecule has 0 spiro atoms. The monoisotopic (exact) mass is 276 g/mol. The van der Waals surface area contributed by atoms with E-state index in [4.69, 9.17) is 0 Å². The zero-order valence-electron chi connectivity index (χ0n) is 12.4.